The van der Waals surface area contributed by atoms with E-state index in [9.17, 15) is 18.7 Å². The molecule has 0 aliphatic carbocycles. The molecule has 8 heteroatoms. The first kappa shape index (κ1) is 18.9. The van der Waals surface area contributed by atoms with Gasteiger partial charge in [0.25, 0.3) is 5.91 Å². The fourth-order valence-corrected chi connectivity index (χ4v) is 3.69. The highest BCUT2D eigenvalue weighted by atomic mass is 32.1. The summed E-state index contributed by atoms with van der Waals surface area (Å²) in [6, 6.07) is 8.85. The van der Waals surface area contributed by atoms with E-state index in [1.54, 1.807) is 19.1 Å². The van der Waals surface area contributed by atoms with Crippen LogP contribution in [0.4, 0.5) is 19.6 Å². The molecule has 0 saturated heterocycles. The number of primary amides is 1. The van der Waals surface area contributed by atoms with Crippen LogP contribution >= 0.6 is 11.3 Å². The third kappa shape index (κ3) is 4.47. The van der Waals surface area contributed by atoms with E-state index in [-0.39, 0.29) is 5.56 Å². The van der Waals surface area contributed by atoms with Crippen LogP contribution in [0.2, 0.25) is 0 Å². The summed E-state index contributed by atoms with van der Waals surface area (Å²) in [5, 5.41) is 12.7. The van der Waals surface area contributed by atoms with E-state index in [4.69, 9.17) is 5.73 Å². The Morgan fingerprint density at radius 3 is 2.67 bits per heavy atom. The first-order valence-corrected chi connectivity index (χ1v) is 8.94. The molecule has 0 aliphatic heterocycles. The predicted molar refractivity (Wildman–Crippen MR) is 101 cm³/mol. The molecule has 2 heterocycles. The molecule has 1 amide bonds. The Labute approximate surface area is 158 Å². The smallest absolute Gasteiger partial charge is 0.251 e. The van der Waals surface area contributed by atoms with E-state index in [1.807, 2.05) is 0 Å². The number of hydrogen-bond acceptors (Lipinski definition) is 5. The summed E-state index contributed by atoms with van der Waals surface area (Å²) in [6.07, 6.45) is 0.816. The van der Waals surface area contributed by atoms with Gasteiger partial charge in [-0.2, -0.15) is 0 Å². The number of carbonyl (C=O) groups is 1. The van der Waals surface area contributed by atoms with Crippen molar-refractivity contribution in [3.63, 3.8) is 0 Å². The zero-order valence-corrected chi connectivity index (χ0v) is 15.2. The molecule has 0 spiro atoms. The number of aliphatic hydroxyl groups is 1. The number of amides is 1. The lowest BCUT2D eigenvalue weighted by Crippen LogP contribution is -2.11. The number of rotatable bonds is 6. The van der Waals surface area contributed by atoms with Gasteiger partial charge in [-0.1, -0.05) is 12.1 Å². The maximum atomic E-state index is 14.5. The standard InChI is InChI=1S/C19H17F2N3O2S/c1-10(25)6-11-2-4-13(15(21)7-11)16-8-14(18(22)26)19(27-16)24-17-5-3-12(20)9-23-17/h2-5,7-10,25H,6H2,1H3,(H2,22,26)(H,23,24). The molecule has 27 heavy (non-hydrogen) atoms. The molecular formula is C19H17F2N3O2S. The lowest BCUT2D eigenvalue weighted by molar-refractivity contribution is 0.100. The van der Waals surface area contributed by atoms with E-state index in [0.29, 0.717) is 33.2 Å². The zero-order chi connectivity index (χ0) is 19.6. The number of nitrogens with zero attached hydrogens (tertiary/aromatic N) is 1. The summed E-state index contributed by atoms with van der Waals surface area (Å²) >= 11 is 1.14. The lowest BCUT2D eigenvalue weighted by Gasteiger charge is -2.07. The lowest BCUT2D eigenvalue weighted by atomic mass is 10.0. The van der Waals surface area contributed by atoms with E-state index in [0.717, 1.165) is 17.5 Å². The van der Waals surface area contributed by atoms with Gasteiger partial charge in [0, 0.05) is 10.4 Å². The van der Waals surface area contributed by atoms with Crippen molar-refractivity contribution >= 4 is 28.1 Å². The van der Waals surface area contributed by atoms with Gasteiger partial charge in [-0.05, 0) is 43.2 Å². The van der Waals surface area contributed by atoms with Crippen LogP contribution in [0.1, 0.15) is 22.8 Å². The van der Waals surface area contributed by atoms with Gasteiger partial charge in [0.15, 0.2) is 0 Å². The maximum Gasteiger partial charge on any atom is 0.251 e. The average Bonchev–Trinajstić information content (AvgIpc) is 3.00. The van der Waals surface area contributed by atoms with Crippen LogP contribution in [0.15, 0.2) is 42.6 Å². The molecule has 0 fully saturated rings. The van der Waals surface area contributed by atoms with E-state index < -0.39 is 23.6 Å². The highest BCUT2D eigenvalue weighted by Gasteiger charge is 2.18. The van der Waals surface area contributed by atoms with E-state index in [1.165, 1.54) is 24.3 Å². The highest BCUT2D eigenvalue weighted by Crippen LogP contribution is 2.38. The largest absolute Gasteiger partial charge is 0.393 e. The Morgan fingerprint density at radius 2 is 2.07 bits per heavy atom. The van der Waals surface area contributed by atoms with Crippen LogP contribution in [0.25, 0.3) is 10.4 Å². The SMILES string of the molecule is CC(O)Cc1ccc(-c2cc(C(N)=O)c(Nc3ccc(F)cn3)s2)c(F)c1. The van der Waals surface area contributed by atoms with Gasteiger partial charge in [0.1, 0.15) is 22.5 Å². The second-order valence-corrected chi connectivity index (χ2v) is 7.12. The third-order valence-electron chi connectivity index (χ3n) is 3.80. The molecule has 4 N–H and O–H groups in total. The number of nitrogens with two attached hydrogens (primary N) is 1. The van der Waals surface area contributed by atoms with Gasteiger partial charge in [-0.25, -0.2) is 13.8 Å². The molecule has 2 aromatic heterocycles. The maximum absolute atomic E-state index is 14.5. The number of thiophene rings is 1. The summed E-state index contributed by atoms with van der Waals surface area (Å²) in [5.74, 6) is -1.29. The molecule has 0 bridgehead atoms. The highest BCUT2D eigenvalue weighted by molar-refractivity contribution is 7.19. The molecule has 1 atom stereocenters. The molecule has 3 aromatic rings. The number of pyridine rings is 1. The number of carbonyl (C=O) groups excluding carboxylic acids is 1. The number of anilines is 2. The monoisotopic (exact) mass is 389 g/mol. The minimum atomic E-state index is -0.673. The van der Waals surface area contributed by atoms with Crippen LogP contribution in [0, 0.1) is 11.6 Å². The number of aliphatic hydroxyl groups excluding tert-OH is 1. The van der Waals surface area contributed by atoms with Crippen LogP contribution in [-0.2, 0) is 6.42 Å². The number of aromatic nitrogens is 1. The summed E-state index contributed by atoms with van der Waals surface area (Å²) < 4.78 is 27.5. The second-order valence-electron chi connectivity index (χ2n) is 6.07. The van der Waals surface area contributed by atoms with Gasteiger partial charge in [0.2, 0.25) is 0 Å². The zero-order valence-electron chi connectivity index (χ0n) is 14.4. The summed E-state index contributed by atoms with van der Waals surface area (Å²) in [4.78, 5) is 16.2. The molecule has 3 rings (SSSR count). The predicted octanol–water partition coefficient (Wildman–Crippen LogP) is 3.85. The van der Waals surface area contributed by atoms with Gasteiger partial charge in [-0.15, -0.1) is 11.3 Å². The molecule has 0 saturated carbocycles. The molecule has 1 unspecified atom stereocenters. The normalized spacial score (nSPS) is 12.0. The van der Waals surface area contributed by atoms with Crippen molar-refractivity contribution in [3.05, 3.63) is 65.4 Å². The van der Waals surface area contributed by atoms with Crippen molar-refractivity contribution in [2.24, 2.45) is 5.73 Å². The average molecular weight is 389 g/mol. The van der Waals surface area contributed by atoms with Crippen LogP contribution in [0.5, 0.6) is 0 Å². The first-order valence-electron chi connectivity index (χ1n) is 8.12. The molecule has 0 aliphatic rings. The van der Waals surface area contributed by atoms with Crippen LogP contribution in [-0.4, -0.2) is 22.1 Å². The summed E-state index contributed by atoms with van der Waals surface area (Å²) in [5.41, 5.74) is 6.60. The Bertz CT molecular complexity index is 972. The van der Waals surface area contributed by atoms with Gasteiger partial charge < -0.3 is 16.2 Å². The Balaban J connectivity index is 1.95. The number of nitrogens with one attached hydrogen (secondary N) is 1. The van der Waals surface area contributed by atoms with Gasteiger partial charge >= 0.3 is 0 Å². The summed E-state index contributed by atoms with van der Waals surface area (Å²) in [6.45, 7) is 1.63. The number of halogens is 2. The second kappa shape index (κ2) is 7.81. The van der Waals surface area contributed by atoms with Crippen molar-refractivity contribution in [3.8, 4) is 10.4 Å². The first-order chi connectivity index (χ1) is 12.8. The molecule has 140 valence electrons. The molecular weight excluding hydrogens is 372 g/mol. The fourth-order valence-electron chi connectivity index (χ4n) is 2.59. The topological polar surface area (TPSA) is 88.2 Å². The van der Waals surface area contributed by atoms with E-state index in [2.05, 4.69) is 10.3 Å². The molecule has 0 radical (unpaired) electrons. The Hall–Kier alpha value is -2.84. The number of hydrogen-bond donors (Lipinski definition) is 3. The van der Waals surface area contributed by atoms with Gasteiger partial charge in [-0.3, -0.25) is 4.79 Å². The summed E-state index contributed by atoms with van der Waals surface area (Å²) in [7, 11) is 0. The Kier molecular flexibility index (Phi) is 5.48. The van der Waals surface area contributed by atoms with Crippen molar-refractivity contribution in [1.82, 2.24) is 4.98 Å². The minimum Gasteiger partial charge on any atom is -0.393 e. The van der Waals surface area contributed by atoms with Crippen molar-refractivity contribution in [1.29, 1.82) is 0 Å². The quantitative estimate of drug-likeness (QED) is 0.597. The van der Waals surface area contributed by atoms with Crippen molar-refractivity contribution in [2.75, 3.05) is 5.32 Å². The minimum absolute atomic E-state index is 0.189. The van der Waals surface area contributed by atoms with E-state index >= 15 is 0 Å². The van der Waals surface area contributed by atoms with Crippen LogP contribution in [0.3, 0.4) is 0 Å². The fraction of sp³-hybridized carbons (Fsp3) is 0.158. The van der Waals surface area contributed by atoms with Crippen molar-refractivity contribution in [2.45, 2.75) is 19.4 Å². The Morgan fingerprint density at radius 1 is 1.30 bits per heavy atom. The molecule has 1 aromatic carbocycles. The van der Waals surface area contributed by atoms with Crippen molar-refractivity contribution < 1.29 is 18.7 Å². The number of benzene rings is 1. The molecule has 5 nitrogen and oxygen atoms in total. The van der Waals surface area contributed by atoms with Gasteiger partial charge in [0.05, 0.1) is 17.9 Å². The third-order valence-corrected chi connectivity index (χ3v) is 4.88. The van der Waals surface area contributed by atoms with Crippen LogP contribution < -0.4 is 11.1 Å².